The largest absolute Gasteiger partial charge is 0.457 e. The third-order valence-electron chi connectivity index (χ3n) is 2.97. The van der Waals surface area contributed by atoms with E-state index < -0.39 is 5.97 Å². The quantitative estimate of drug-likeness (QED) is 0.490. The van der Waals surface area contributed by atoms with Gasteiger partial charge in [-0.1, -0.05) is 37.3 Å². The van der Waals surface area contributed by atoms with E-state index in [0.717, 1.165) is 14.8 Å². The van der Waals surface area contributed by atoms with Crippen molar-refractivity contribution in [3.63, 3.8) is 0 Å². The Morgan fingerprint density at radius 2 is 2.05 bits per heavy atom. The van der Waals surface area contributed by atoms with Crippen molar-refractivity contribution in [2.24, 2.45) is 0 Å². The predicted octanol–water partition coefficient (Wildman–Crippen LogP) is 3.35. The van der Waals surface area contributed by atoms with Gasteiger partial charge in [-0.05, 0) is 40.1 Å². The van der Waals surface area contributed by atoms with Crippen molar-refractivity contribution < 1.29 is 14.3 Å². The topological polar surface area (TPSA) is 59.2 Å². The molecular weight excluding hydrogens is 369 g/mol. The van der Waals surface area contributed by atoms with Crippen LogP contribution in [0, 0.1) is 3.70 Å². The number of aldehydes is 1. The first-order valence-corrected chi connectivity index (χ1v) is 7.31. The smallest absolute Gasteiger partial charge is 0.341 e. The van der Waals surface area contributed by atoms with Crippen LogP contribution < -0.4 is 0 Å². The van der Waals surface area contributed by atoms with Gasteiger partial charge in [0.05, 0.1) is 15.0 Å². The summed E-state index contributed by atoms with van der Waals surface area (Å²) >= 11 is 2.08. The zero-order valence-corrected chi connectivity index (χ0v) is 13.1. The summed E-state index contributed by atoms with van der Waals surface area (Å²) in [6, 6.07) is 9.44. The van der Waals surface area contributed by atoms with Crippen LogP contribution in [0.1, 0.15) is 38.9 Å². The molecule has 4 nitrogen and oxygen atoms in total. The summed E-state index contributed by atoms with van der Waals surface area (Å²) in [5.74, 6) is -0.466. The fourth-order valence-electron chi connectivity index (χ4n) is 1.98. The maximum atomic E-state index is 12.2. The van der Waals surface area contributed by atoms with Gasteiger partial charge in [0, 0.05) is 0 Å². The molecule has 5 heteroatoms. The fraction of sp³-hybridized carbons (Fsp3) is 0.200. The van der Waals surface area contributed by atoms with E-state index in [2.05, 4.69) is 27.6 Å². The van der Waals surface area contributed by atoms with Crippen LogP contribution in [0.25, 0.3) is 0 Å². The minimum atomic E-state index is -0.466. The van der Waals surface area contributed by atoms with Gasteiger partial charge in [-0.25, -0.2) is 4.79 Å². The maximum absolute atomic E-state index is 12.2. The normalized spacial score (nSPS) is 10.3. The standard InChI is InChI=1S/C15H14INO3/c1-2-11-13(12(8-18)17-14(11)16)15(19)20-9-10-6-4-3-5-7-10/h3-8,17H,2,9H2,1H3. The second-order valence-corrected chi connectivity index (χ2v) is 5.32. The average Bonchev–Trinajstić information content (AvgIpc) is 2.81. The second kappa shape index (κ2) is 6.69. The molecule has 0 spiro atoms. The van der Waals surface area contributed by atoms with Gasteiger partial charge in [0.25, 0.3) is 0 Å². The van der Waals surface area contributed by atoms with Crippen molar-refractivity contribution in [1.29, 1.82) is 0 Å². The van der Waals surface area contributed by atoms with Crippen molar-refractivity contribution in [2.45, 2.75) is 20.0 Å². The summed E-state index contributed by atoms with van der Waals surface area (Å²) in [7, 11) is 0. The minimum Gasteiger partial charge on any atom is -0.457 e. The highest BCUT2D eigenvalue weighted by Crippen LogP contribution is 2.22. The van der Waals surface area contributed by atoms with Gasteiger partial charge in [0.1, 0.15) is 6.61 Å². The Morgan fingerprint density at radius 1 is 1.35 bits per heavy atom. The summed E-state index contributed by atoms with van der Waals surface area (Å²) in [4.78, 5) is 26.1. The molecule has 1 heterocycles. The number of rotatable bonds is 5. The SMILES string of the molecule is CCc1c(I)[nH]c(C=O)c1C(=O)OCc1ccccc1. The van der Waals surface area contributed by atoms with E-state index >= 15 is 0 Å². The molecule has 1 aromatic heterocycles. The van der Waals surface area contributed by atoms with Gasteiger partial charge in [-0.15, -0.1) is 0 Å². The van der Waals surface area contributed by atoms with Crippen molar-refractivity contribution in [3.05, 3.63) is 56.4 Å². The molecule has 0 aliphatic carbocycles. The highest BCUT2D eigenvalue weighted by atomic mass is 127. The maximum Gasteiger partial charge on any atom is 0.341 e. The number of hydrogen-bond acceptors (Lipinski definition) is 3. The van der Waals surface area contributed by atoms with Crippen LogP contribution >= 0.6 is 22.6 Å². The average molecular weight is 383 g/mol. The molecule has 2 aromatic rings. The summed E-state index contributed by atoms with van der Waals surface area (Å²) in [5, 5.41) is 0. The molecule has 1 N–H and O–H groups in total. The van der Waals surface area contributed by atoms with E-state index in [1.165, 1.54) is 0 Å². The van der Waals surface area contributed by atoms with Crippen LogP contribution in [0.4, 0.5) is 0 Å². The lowest BCUT2D eigenvalue weighted by Gasteiger charge is -2.06. The summed E-state index contributed by atoms with van der Waals surface area (Å²) in [6.07, 6.45) is 1.32. The van der Waals surface area contributed by atoms with E-state index in [1.807, 2.05) is 37.3 Å². The van der Waals surface area contributed by atoms with Crippen LogP contribution in [-0.2, 0) is 17.8 Å². The molecule has 0 unspecified atom stereocenters. The van der Waals surface area contributed by atoms with E-state index in [0.29, 0.717) is 18.3 Å². The van der Waals surface area contributed by atoms with Gasteiger partial charge in [-0.2, -0.15) is 0 Å². The van der Waals surface area contributed by atoms with E-state index in [4.69, 9.17) is 4.74 Å². The first kappa shape index (κ1) is 14.8. The van der Waals surface area contributed by atoms with Crippen LogP contribution in [0.15, 0.2) is 30.3 Å². The summed E-state index contributed by atoms with van der Waals surface area (Å²) < 4.78 is 6.10. The zero-order chi connectivity index (χ0) is 14.5. The number of benzene rings is 1. The minimum absolute atomic E-state index is 0.197. The highest BCUT2D eigenvalue weighted by Gasteiger charge is 2.22. The number of aromatic amines is 1. The number of carbonyl (C=O) groups is 2. The van der Waals surface area contributed by atoms with Crippen molar-refractivity contribution in [2.75, 3.05) is 0 Å². The van der Waals surface area contributed by atoms with E-state index in [9.17, 15) is 9.59 Å². The third-order valence-corrected chi connectivity index (χ3v) is 3.89. The Hall–Kier alpha value is -1.63. The van der Waals surface area contributed by atoms with Crippen molar-refractivity contribution in [1.82, 2.24) is 4.98 Å². The van der Waals surface area contributed by atoms with Crippen LogP contribution in [0.5, 0.6) is 0 Å². The number of ether oxygens (including phenoxy) is 1. The van der Waals surface area contributed by atoms with Crippen molar-refractivity contribution >= 4 is 34.8 Å². The lowest BCUT2D eigenvalue weighted by Crippen LogP contribution is -2.09. The Balaban J connectivity index is 2.19. The van der Waals surface area contributed by atoms with Gasteiger partial charge in [0.15, 0.2) is 6.29 Å². The Morgan fingerprint density at radius 3 is 2.65 bits per heavy atom. The number of nitrogens with one attached hydrogen (secondary N) is 1. The van der Waals surface area contributed by atoms with Gasteiger partial charge in [-0.3, -0.25) is 4.79 Å². The first-order valence-electron chi connectivity index (χ1n) is 6.24. The number of carbonyl (C=O) groups excluding carboxylic acids is 2. The highest BCUT2D eigenvalue weighted by molar-refractivity contribution is 14.1. The molecule has 0 atom stereocenters. The number of esters is 1. The summed E-state index contributed by atoms with van der Waals surface area (Å²) in [5.41, 5.74) is 2.37. The molecule has 0 bridgehead atoms. The van der Waals surface area contributed by atoms with Gasteiger partial charge < -0.3 is 9.72 Å². The van der Waals surface area contributed by atoms with E-state index in [-0.39, 0.29) is 12.3 Å². The Kier molecular flexibility index (Phi) is 4.94. The molecule has 0 aliphatic heterocycles. The molecule has 0 fully saturated rings. The molecule has 1 aromatic carbocycles. The monoisotopic (exact) mass is 383 g/mol. The number of H-pyrrole nitrogens is 1. The molecule has 104 valence electrons. The van der Waals surface area contributed by atoms with Gasteiger partial charge in [0.2, 0.25) is 0 Å². The van der Waals surface area contributed by atoms with E-state index in [1.54, 1.807) is 0 Å². The first-order chi connectivity index (χ1) is 9.67. The number of aromatic nitrogens is 1. The fourth-order valence-corrected chi connectivity index (χ4v) is 2.92. The van der Waals surface area contributed by atoms with Crippen LogP contribution in [-0.4, -0.2) is 17.2 Å². The Labute approximate surface area is 130 Å². The molecule has 0 radical (unpaired) electrons. The molecule has 0 saturated carbocycles. The molecule has 0 amide bonds. The molecule has 0 aliphatic rings. The lowest BCUT2D eigenvalue weighted by molar-refractivity contribution is 0.0469. The summed E-state index contributed by atoms with van der Waals surface area (Å²) in [6.45, 7) is 2.14. The van der Waals surface area contributed by atoms with Crippen LogP contribution in [0.3, 0.4) is 0 Å². The predicted molar refractivity (Wildman–Crippen MR) is 83.8 cm³/mol. The molecule has 2 rings (SSSR count). The molecule has 0 saturated heterocycles. The lowest BCUT2D eigenvalue weighted by atomic mass is 10.1. The van der Waals surface area contributed by atoms with Crippen molar-refractivity contribution in [3.8, 4) is 0 Å². The van der Waals surface area contributed by atoms with Crippen LogP contribution in [0.2, 0.25) is 0 Å². The second-order valence-electron chi connectivity index (χ2n) is 4.24. The number of hydrogen-bond donors (Lipinski definition) is 1. The third kappa shape index (κ3) is 3.09. The molecule has 20 heavy (non-hydrogen) atoms. The van der Waals surface area contributed by atoms with Gasteiger partial charge >= 0.3 is 5.97 Å². The number of halogens is 1. The zero-order valence-electron chi connectivity index (χ0n) is 11.0. The Bertz CT molecular complexity index is 620. The molecular formula is C15H14INO3.